The molecule has 1 aliphatic carbocycles. The van der Waals surface area contributed by atoms with Crippen LogP contribution in [0.5, 0.6) is 0 Å². The Morgan fingerprint density at radius 1 is 0.971 bits per heavy atom. The van der Waals surface area contributed by atoms with Gasteiger partial charge in [0.15, 0.2) is 5.78 Å². The molecule has 4 rings (SSSR count). The van der Waals surface area contributed by atoms with Crippen molar-refractivity contribution in [1.82, 2.24) is 4.98 Å². The van der Waals surface area contributed by atoms with Crippen molar-refractivity contribution in [2.45, 2.75) is 64.7 Å². The van der Waals surface area contributed by atoms with Crippen LogP contribution in [0.3, 0.4) is 0 Å². The van der Waals surface area contributed by atoms with E-state index in [4.69, 9.17) is 4.74 Å². The third kappa shape index (κ3) is 6.05. The molecule has 0 unspecified atom stereocenters. The first-order chi connectivity index (χ1) is 17.0. The molecule has 182 valence electrons. The lowest BCUT2D eigenvalue weighted by molar-refractivity contribution is -0.149. The summed E-state index contributed by atoms with van der Waals surface area (Å²) < 4.78 is 5.22. The molecule has 1 heterocycles. The number of carbonyl (C=O) groups is 2. The molecule has 0 N–H and O–H groups in total. The van der Waals surface area contributed by atoms with E-state index in [1.54, 1.807) is 12.3 Å². The Bertz CT molecular complexity index is 1160. The fourth-order valence-electron chi connectivity index (χ4n) is 5.33. The van der Waals surface area contributed by atoms with Crippen LogP contribution in [0.25, 0.3) is 0 Å². The Hall–Kier alpha value is -3.27. The van der Waals surface area contributed by atoms with Crippen LogP contribution in [0.2, 0.25) is 0 Å². The van der Waals surface area contributed by atoms with Crippen LogP contribution in [0.4, 0.5) is 0 Å². The number of benzene rings is 2. The third-order valence-electron chi connectivity index (χ3n) is 7.33. The van der Waals surface area contributed by atoms with Gasteiger partial charge in [0.05, 0.1) is 12.5 Å². The molecule has 1 fully saturated rings. The van der Waals surface area contributed by atoms with Crippen LogP contribution in [0, 0.1) is 19.8 Å². The van der Waals surface area contributed by atoms with Crippen molar-refractivity contribution in [3.63, 3.8) is 0 Å². The van der Waals surface area contributed by atoms with Crippen molar-refractivity contribution in [3.05, 3.63) is 100 Å². The largest absolute Gasteiger partial charge is 0.466 e. The number of Topliss-reactive ketones (excluding diaryl/α,β-unsaturated/α-hetero) is 1. The summed E-state index contributed by atoms with van der Waals surface area (Å²) in [4.78, 5) is 29.6. The number of rotatable bonds is 8. The van der Waals surface area contributed by atoms with Crippen molar-refractivity contribution >= 4 is 11.8 Å². The number of esters is 1. The minimum atomic E-state index is -0.0450. The summed E-state index contributed by atoms with van der Waals surface area (Å²) in [5, 5.41) is 0. The maximum absolute atomic E-state index is 13.2. The first-order valence-corrected chi connectivity index (χ1v) is 12.7. The molecule has 2 aromatic carbocycles. The van der Waals surface area contributed by atoms with E-state index in [1.165, 1.54) is 16.7 Å². The van der Waals surface area contributed by atoms with Crippen LogP contribution in [0.1, 0.15) is 89.2 Å². The second-order valence-corrected chi connectivity index (χ2v) is 9.69. The fraction of sp³-hybridized carbons (Fsp3) is 0.387. The average molecular weight is 470 g/mol. The molecular weight excluding hydrogens is 434 g/mol. The smallest absolute Gasteiger partial charge is 0.308 e. The molecule has 0 spiro atoms. The van der Waals surface area contributed by atoms with E-state index in [-0.39, 0.29) is 23.6 Å². The van der Waals surface area contributed by atoms with Gasteiger partial charge in [-0.1, -0.05) is 48.5 Å². The maximum Gasteiger partial charge on any atom is 0.308 e. The van der Waals surface area contributed by atoms with Crippen LogP contribution >= 0.6 is 0 Å². The van der Waals surface area contributed by atoms with Gasteiger partial charge in [0.25, 0.3) is 0 Å². The zero-order chi connectivity index (χ0) is 24.8. The number of aromatic nitrogens is 1. The quantitative estimate of drug-likeness (QED) is 0.265. The normalized spacial score (nSPS) is 18.6. The average Bonchev–Trinajstić information content (AvgIpc) is 2.88. The lowest BCUT2D eigenvalue weighted by atomic mass is 9.77. The molecule has 1 aromatic heterocycles. The number of hydrogen-bond acceptors (Lipinski definition) is 4. The van der Waals surface area contributed by atoms with Gasteiger partial charge in [0.2, 0.25) is 0 Å². The first-order valence-electron chi connectivity index (χ1n) is 12.7. The molecular formula is C31H35NO3. The predicted octanol–water partition coefficient (Wildman–Crippen LogP) is 6.94. The van der Waals surface area contributed by atoms with Crippen LogP contribution in [0.15, 0.2) is 66.9 Å². The molecule has 1 aliphatic rings. The lowest BCUT2D eigenvalue weighted by Gasteiger charge is -2.28. The number of carbonyl (C=O) groups excluding carboxylic acids is 2. The summed E-state index contributed by atoms with van der Waals surface area (Å²) >= 11 is 0. The minimum Gasteiger partial charge on any atom is -0.466 e. The minimum absolute atomic E-state index is 0.00854. The van der Waals surface area contributed by atoms with Gasteiger partial charge < -0.3 is 4.74 Å². The SMILES string of the molecule is CCOC(=O)C1CCC(c2ccc([C@@H](CC(=O)c3ccnc(C)c3)c3ccccc3C)cc2)CC1. The Kier molecular flexibility index (Phi) is 8.12. The second-order valence-electron chi connectivity index (χ2n) is 9.69. The summed E-state index contributed by atoms with van der Waals surface area (Å²) in [6, 6.07) is 20.8. The molecule has 0 bridgehead atoms. The molecule has 4 nitrogen and oxygen atoms in total. The number of pyridine rings is 1. The third-order valence-corrected chi connectivity index (χ3v) is 7.33. The van der Waals surface area contributed by atoms with Crippen LogP contribution in [-0.4, -0.2) is 23.3 Å². The Morgan fingerprint density at radius 2 is 1.69 bits per heavy atom. The van der Waals surface area contributed by atoms with Gasteiger partial charge in [0.1, 0.15) is 0 Å². The molecule has 1 saturated carbocycles. The molecule has 4 heteroatoms. The van der Waals surface area contributed by atoms with Crippen molar-refractivity contribution in [2.24, 2.45) is 5.92 Å². The summed E-state index contributed by atoms with van der Waals surface area (Å²) in [5.74, 6) is 0.583. The highest BCUT2D eigenvalue weighted by atomic mass is 16.5. The van der Waals surface area contributed by atoms with Gasteiger partial charge in [-0.15, -0.1) is 0 Å². The summed E-state index contributed by atoms with van der Waals surface area (Å²) in [6.07, 6.45) is 5.90. The molecule has 0 aliphatic heterocycles. The zero-order valence-electron chi connectivity index (χ0n) is 21.0. The highest BCUT2D eigenvalue weighted by Crippen LogP contribution is 2.38. The van der Waals surface area contributed by atoms with E-state index in [0.717, 1.165) is 36.9 Å². The Labute approximate surface area is 208 Å². The highest BCUT2D eigenvalue weighted by molar-refractivity contribution is 5.96. The Morgan fingerprint density at radius 3 is 2.34 bits per heavy atom. The molecule has 0 saturated heterocycles. The van der Waals surface area contributed by atoms with Gasteiger partial charge in [-0.05, 0) is 86.8 Å². The van der Waals surface area contributed by atoms with Crippen LogP contribution in [-0.2, 0) is 9.53 Å². The van der Waals surface area contributed by atoms with E-state index in [9.17, 15) is 9.59 Å². The first kappa shape index (κ1) is 24.8. The topological polar surface area (TPSA) is 56.3 Å². The molecule has 1 atom stereocenters. The van der Waals surface area contributed by atoms with E-state index >= 15 is 0 Å². The van der Waals surface area contributed by atoms with Crippen molar-refractivity contribution in [2.75, 3.05) is 6.61 Å². The summed E-state index contributed by atoms with van der Waals surface area (Å²) in [7, 11) is 0. The van der Waals surface area contributed by atoms with E-state index in [2.05, 4.69) is 48.3 Å². The predicted molar refractivity (Wildman–Crippen MR) is 139 cm³/mol. The van der Waals surface area contributed by atoms with Gasteiger partial charge >= 0.3 is 5.97 Å². The lowest BCUT2D eigenvalue weighted by Crippen LogP contribution is -2.23. The fourth-order valence-corrected chi connectivity index (χ4v) is 5.33. The van der Waals surface area contributed by atoms with E-state index in [0.29, 0.717) is 24.5 Å². The maximum atomic E-state index is 13.2. The molecule has 0 amide bonds. The van der Waals surface area contributed by atoms with Gasteiger partial charge in [0, 0.05) is 29.8 Å². The number of hydrogen-bond donors (Lipinski definition) is 0. The van der Waals surface area contributed by atoms with Crippen molar-refractivity contribution in [1.29, 1.82) is 0 Å². The van der Waals surface area contributed by atoms with Gasteiger partial charge in [-0.3, -0.25) is 14.6 Å². The number of aryl methyl sites for hydroxylation is 2. The Balaban J connectivity index is 1.53. The standard InChI is InChI=1S/C31H35NO3/c1-4-35-31(34)26-15-11-24(12-16-26)23-9-13-25(14-10-23)29(28-8-6-5-7-21(28)2)20-30(33)27-17-18-32-22(3)19-27/h5-10,13-14,17-19,24,26,29H,4,11-12,15-16,20H2,1-3H3/t24?,26?,29-/m1/s1. The van der Waals surface area contributed by atoms with E-state index in [1.807, 2.05) is 32.0 Å². The van der Waals surface area contributed by atoms with Gasteiger partial charge in [-0.2, -0.15) is 0 Å². The zero-order valence-corrected chi connectivity index (χ0v) is 21.0. The van der Waals surface area contributed by atoms with Crippen LogP contribution < -0.4 is 0 Å². The second kappa shape index (κ2) is 11.4. The molecule has 35 heavy (non-hydrogen) atoms. The number of nitrogens with zero attached hydrogens (tertiary/aromatic N) is 1. The van der Waals surface area contributed by atoms with E-state index < -0.39 is 0 Å². The molecule has 3 aromatic rings. The highest BCUT2D eigenvalue weighted by Gasteiger charge is 2.28. The van der Waals surface area contributed by atoms with Crippen molar-refractivity contribution < 1.29 is 14.3 Å². The van der Waals surface area contributed by atoms with Gasteiger partial charge in [-0.25, -0.2) is 0 Å². The number of ether oxygens (including phenoxy) is 1. The number of ketones is 1. The summed E-state index contributed by atoms with van der Waals surface area (Å²) in [5.41, 5.74) is 6.42. The monoisotopic (exact) mass is 469 g/mol. The molecule has 0 radical (unpaired) electrons. The summed E-state index contributed by atoms with van der Waals surface area (Å²) in [6.45, 7) is 6.33. The van der Waals surface area contributed by atoms with Crippen molar-refractivity contribution in [3.8, 4) is 0 Å².